The highest BCUT2D eigenvalue weighted by Gasteiger charge is 2.33. The van der Waals surface area contributed by atoms with Crippen molar-refractivity contribution in [3.8, 4) is 0 Å². The van der Waals surface area contributed by atoms with E-state index in [1.807, 2.05) is 0 Å². The standard InChI is InChI=1S/C13H23N3O2S/c1-2-5-12-6-3-4-7-16(12)19(17,18)13-8-11(9-14)15-10-13/h8,10,12,15H,2-7,9,14H2,1H3. The smallest absolute Gasteiger partial charge is 0.244 e. The quantitative estimate of drug-likeness (QED) is 0.866. The van der Waals surface area contributed by atoms with E-state index in [0.717, 1.165) is 37.8 Å². The van der Waals surface area contributed by atoms with E-state index in [4.69, 9.17) is 5.73 Å². The molecule has 2 heterocycles. The van der Waals surface area contributed by atoms with E-state index in [-0.39, 0.29) is 6.04 Å². The van der Waals surface area contributed by atoms with Crippen molar-refractivity contribution < 1.29 is 8.42 Å². The molecule has 2 rings (SSSR count). The summed E-state index contributed by atoms with van der Waals surface area (Å²) in [6.07, 6.45) is 6.55. The topological polar surface area (TPSA) is 79.2 Å². The van der Waals surface area contributed by atoms with Crippen molar-refractivity contribution in [3.63, 3.8) is 0 Å². The molecular formula is C13H23N3O2S. The highest BCUT2D eigenvalue weighted by molar-refractivity contribution is 7.89. The summed E-state index contributed by atoms with van der Waals surface area (Å²) in [5, 5.41) is 0. The third-order valence-corrected chi connectivity index (χ3v) is 5.67. The van der Waals surface area contributed by atoms with Crippen LogP contribution in [0, 0.1) is 0 Å². The zero-order chi connectivity index (χ0) is 13.9. The van der Waals surface area contributed by atoms with Crippen LogP contribution >= 0.6 is 0 Å². The lowest BCUT2D eigenvalue weighted by atomic mass is 10.0. The van der Waals surface area contributed by atoms with Crippen molar-refractivity contribution in [3.05, 3.63) is 18.0 Å². The predicted molar refractivity (Wildman–Crippen MR) is 75.1 cm³/mol. The molecule has 3 N–H and O–H groups in total. The largest absolute Gasteiger partial charge is 0.363 e. The van der Waals surface area contributed by atoms with E-state index >= 15 is 0 Å². The van der Waals surface area contributed by atoms with E-state index in [9.17, 15) is 8.42 Å². The van der Waals surface area contributed by atoms with Gasteiger partial charge in [-0.15, -0.1) is 0 Å². The number of hydrogen-bond acceptors (Lipinski definition) is 3. The minimum Gasteiger partial charge on any atom is -0.363 e. The van der Waals surface area contributed by atoms with Crippen molar-refractivity contribution >= 4 is 10.0 Å². The summed E-state index contributed by atoms with van der Waals surface area (Å²) >= 11 is 0. The maximum atomic E-state index is 12.7. The summed E-state index contributed by atoms with van der Waals surface area (Å²) in [6.45, 7) is 3.06. The van der Waals surface area contributed by atoms with Gasteiger partial charge in [-0.3, -0.25) is 0 Å². The predicted octanol–water partition coefficient (Wildman–Crippen LogP) is 1.82. The van der Waals surface area contributed by atoms with Gasteiger partial charge < -0.3 is 10.7 Å². The van der Waals surface area contributed by atoms with Crippen molar-refractivity contribution in [2.75, 3.05) is 6.54 Å². The number of aromatic nitrogens is 1. The van der Waals surface area contributed by atoms with Crippen molar-refractivity contribution in [2.24, 2.45) is 5.73 Å². The minimum absolute atomic E-state index is 0.153. The number of rotatable bonds is 5. The number of nitrogens with one attached hydrogen (secondary N) is 1. The summed E-state index contributed by atoms with van der Waals surface area (Å²) < 4.78 is 27.0. The number of nitrogens with two attached hydrogens (primary N) is 1. The summed E-state index contributed by atoms with van der Waals surface area (Å²) in [6, 6.07) is 1.80. The second-order valence-corrected chi connectivity index (χ2v) is 7.01. The normalized spacial score (nSPS) is 21.7. The number of aromatic amines is 1. The molecule has 1 aromatic heterocycles. The molecule has 0 bridgehead atoms. The van der Waals surface area contributed by atoms with Crippen LogP contribution in [0.3, 0.4) is 0 Å². The van der Waals surface area contributed by atoms with Gasteiger partial charge in [0.05, 0.1) is 4.90 Å². The Labute approximate surface area is 115 Å². The van der Waals surface area contributed by atoms with Crippen LogP contribution in [0.25, 0.3) is 0 Å². The van der Waals surface area contributed by atoms with Gasteiger partial charge in [-0.1, -0.05) is 19.8 Å². The van der Waals surface area contributed by atoms with E-state index in [2.05, 4.69) is 11.9 Å². The molecule has 1 saturated heterocycles. The van der Waals surface area contributed by atoms with Gasteiger partial charge in [0.2, 0.25) is 10.0 Å². The first-order valence-corrected chi connectivity index (χ1v) is 8.42. The molecule has 0 radical (unpaired) electrons. The molecule has 0 saturated carbocycles. The van der Waals surface area contributed by atoms with Gasteiger partial charge in [0.25, 0.3) is 0 Å². The second kappa shape index (κ2) is 6.07. The minimum atomic E-state index is -3.38. The molecule has 1 aliphatic rings. The fourth-order valence-corrected chi connectivity index (χ4v) is 4.48. The lowest BCUT2D eigenvalue weighted by Crippen LogP contribution is -2.43. The van der Waals surface area contributed by atoms with Crippen LogP contribution in [-0.4, -0.2) is 30.3 Å². The summed E-state index contributed by atoms with van der Waals surface area (Å²) in [7, 11) is -3.38. The molecule has 0 spiro atoms. The van der Waals surface area contributed by atoms with Crippen LogP contribution in [0.1, 0.15) is 44.7 Å². The fourth-order valence-electron chi connectivity index (χ4n) is 2.73. The molecule has 0 aromatic carbocycles. The Balaban J connectivity index is 2.25. The first kappa shape index (κ1) is 14.6. The van der Waals surface area contributed by atoms with E-state index in [1.54, 1.807) is 16.6 Å². The van der Waals surface area contributed by atoms with Crippen molar-refractivity contribution in [1.82, 2.24) is 9.29 Å². The van der Waals surface area contributed by atoms with Crippen LogP contribution in [-0.2, 0) is 16.6 Å². The van der Waals surface area contributed by atoms with Gasteiger partial charge in [-0.2, -0.15) is 4.31 Å². The summed E-state index contributed by atoms with van der Waals surface area (Å²) in [4.78, 5) is 3.26. The van der Waals surface area contributed by atoms with Gasteiger partial charge in [0.1, 0.15) is 0 Å². The molecule has 108 valence electrons. The lowest BCUT2D eigenvalue weighted by molar-refractivity contribution is 0.239. The lowest BCUT2D eigenvalue weighted by Gasteiger charge is -2.34. The first-order valence-electron chi connectivity index (χ1n) is 6.98. The molecule has 19 heavy (non-hydrogen) atoms. The monoisotopic (exact) mass is 285 g/mol. The first-order chi connectivity index (χ1) is 9.09. The molecular weight excluding hydrogens is 262 g/mol. The number of piperidine rings is 1. The van der Waals surface area contributed by atoms with Crippen LogP contribution < -0.4 is 5.73 Å². The average molecular weight is 285 g/mol. The molecule has 1 unspecified atom stereocenters. The zero-order valence-electron chi connectivity index (χ0n) is 11.4. The van der Waals surface area contributed by atoms with E-state index in [0.29, 0.717) is 18.0 Å². The Kier molecular flexibility index (Phi) is 4.65. The Hall–Kier alpha value is -0.850. The molecule has 0 amide bonds. The Bertz CT molecular complexity index is 508. The molecule has 1 aliphatic heterocycles. The fraction of sp³-hybridized carbons (Fsp3) is 0.692. The Morgan fingerprint density at radius 3 is 2.89 bits per heavy atom. The molecule has 0 aliphatic carbocycles. The molecule has 5 nitrogen and oxygen atoms in total. The molecule has 6 heteroatoms. The number of hydrogen-bond donors (Lipinski definition) is 2. The van der Waals surface area contributed by atoms with Crippen molar-refractivity contribution in [1.29, 1.82) is 0 Å². The van der Waals surface area contributed by atoms with Crippen molar-refractivity contribution in [2.45, 2.75) is 56.5 Å². The zero-order valence-corrected chi connectivity index (χ0v) is 12.2. The number of H-pyrrole nitrogens is 1. The maximum absolute atomic E-state index is 12.7. The highest BCUT2D eigenvalue weighted by Crippen LogP contribution is 2.27. The van der Waals surface area contributed by atoms with Crippen LogP contribution in [0.4, 0.5) is 0 Å². The van der Waals surface area contributed by atoms with E-state index in [1.165, 1.54) is 0 Å². The van der Waals surface area contributed by atoms with Crippen LogP contribution in [0.2, 0.25) is 0 Å². The Morgan fingerprint density at radius 2 is 2.26 bits per heavy atom. The van der Waals surface area contributed by atoms with Gasteiger partial charge >= 0.3 is 0 Å². The average Bonchev–Trinajstić information content (AvgIpc) is 2.89. The molecule has 1 atom stereocenters. The van der Waals surface area contributed by atoms with Crippen LogP contribution in [0.5, 0.6) is 0 Å². The second-order valence-electron chi connectivity index (χ2n) is 5.12. The number of nitrogens with zero attached hydrogens (tertiary/aromatic N) is 1. The Morgan fingerprint density at radius 1 is 1.47 bits per heavy atom. The third-order valence-electron chi connectivity index (χ3n) is 3.74. The van der Waals surface area contributed by atoms with Crippen LogP contribution in [0.15, 0.2) is 17.2 Å². The van der Waals surface area contributed by atoms with E-state index < -0.39 is 10.0 Å². The molecule has 1 aromatic rings. The highest BCUT2D eigenvalue weighted by atomic mass is 32.2. The summed E-state index contributed by atoms with van der Waals surface area (Å²) in [5.74, 6) is 0. The summed E-state index contributed by atoms with van der Waals surface area (Å²) in [5.41, 5.74) is 6.27. The molecule has 1 fully saturated rings. The maximum Gasteiger partial charge on any atom is 0.244 e. The third kappa shape index (κ3) is 3.01. The van der Waals surface area contributed by atoms with Gasteiger partial charge in [-0.05, 0) is 25.3 Å². The van der Waals surface area contributed by atoms with Gasteiger partial charge in [-0.25, -0.2) is 8.42 Å². The number of sulfonamides is 1. The van der Waals surface area contributed by atoms with Gasteiger partial charge in [0.15, 0.2) is 0 Å². The van der Waals surface area contributed by atoms with Gasteiger partial charge in [0, 0.05) is 31.0 Å². The SMILES string of the molecule is CCCC1CCCCN1S(=O)(=O)c1c[nH]c(CN)c1.